The van der Waals surface area contributed by atoms with E-state index in [4.69, 9.17) is 34.8 Å². The average Bonchev–Trinajstić information content (AvgIpc) is 2.31. The Kier molecular flexibility index (Phi) is 4.75. The Morgan fingerprint density at radius 2 is 1.58 bits per heavy atom. The summed E-state index contributed by atoms with van der Waals surface area (Å²) in [6.07, 6.45) is -1.19. The quantitative estimate of drug-likeness (QED) is 0.666. The van der Waals surface area contributed by atoms with Crippen LogP contribution in [0.1, 0.15) is 17.2 Å². The number of hydrogen-bond acceptors (Lipinski definition) is 1. The highest BCUT2D eigenvalue weighted by Crippen LogP contribution is 2.33. The first-order valence-electron chi connectivity index (χ1n) is 5.17. The van der Waals surface area contributed by atoms with Gasteiger partial charge in [0.15, 0.2) is 0 Å². The third-order valence-electron chi connectivity index (χ3n) is 2.53. The molecule has 0 aliphatic heterocycles. The topological polar surface area (TPSA) is 20.2 Å². The van der Waals surface area contributed by atoms with Crippen LogP contribution in [-0.2, 0) is 0 Å². The molecule has 19 heavy (non-hydrogen) atoms. The van der Waals surface area contributed by atoms with Crippen LogP contribution >= 0.6 is 50.7 Å². The van der Waals surface area contributed by atoms with Crippen LogP contribution in [0.3, 0.4) is 0 Å². The van der Waals surface area contributed by atoms with Crippen molar-refractivity contribution in [3.05, 3.63) is 66.8 Å². The number of halogens is 5. The fourth-order valence-electron chi connectivity index (χ4n) is 1.66. The summed E-state index contributed by atoms with van der Waals surface area (Å²) >= 11 is 20.7. The van der Waals surface area contributed by atoms with Gasteiger partial charge in [-0.3, -0.25) is 0 Å². The van der Waals surface area contributed by atoms with E-state index in [0.717, 1.165) is 0 Å². The zero-order valence-corrected chi connectivity index (χ0v) is 13.2. The molecule has 0 aliphatic rings. The predicted molar refractivity (Wildman–Crippen MR) is 79.6 cm³/mol. The van der Waals surface area contributed by atoms with E-state index in [1.165, 1.54) is 30.3 Å². The van der Waals surface area contributed by atoms with Crippen molar-refractivity contribution < 1.29 is 9.50 Å². The van der Waals surface area contributed by atoms with Crippen molar-refractivity contribution in [3.8, 4) is 0 Å². The summed E-state index contributed by atoms with van der Waals surface area (Å²) in [7, 11) is 0. The van der Waals surface area contributed by atoms with Crippen molar-refractivity contribution in [2.75, 3.05) is 0 Å². The Balaban J connectivity index is 2.49. The van der Waals surface area contributed by atoms with Crippen LogP contribution in [0.15, 0.2) is 34.8 Å². The number of rotatable bonds is 2. The van der Waals surface area contributed by atoms with Crippen molar-refractivity contribution in [2.45, 2.75) is 6.10 Å². The predicted octanol–water partition coefficient (Wildman–Crippen LogP) is 5.63. The van der Waals surface area contributed by atoms with E-state index in [2.05, 4.69) is 15.9 Å². The van der Waals surface area contributed by atoms with Gasteiger partial charge in [-0.05, 0) is 51.8 Å². The van der Waals surface area contributed by atoms with Gasteiger partial charge in [-0.15, -0.1) is 0 Å². The molecule has 0 fully saturated rings. The summed E-state index contributed by atoms with van der Waals surface area (Å²) < 4.78 is 14.3. The maximum Gasteiger partial charge on any atom is 0.130 e. The molecule has 100 valence electrons. The van der Waals surface area contributed by atoms with E-state index in [1.807, 2.05) is 0 Å². The molecule has 0 aliphatic carbocycles. The lowest BCUT2D eigenvalue weighted by atomic mass is 10.0. The molecule has 2 aromatic carbocycles. The normalized spacial score (nSPS) is 12.5. The molecule has 0 bridgehead atoms. The van der Waals surface area contributed by atoms with Gasteiger partial charge < -0.3 is 5.11 Å². The van der Waals surface area contributed by atoms with Crippen LogP contribution in [0.25, 0.3) is 0 Å². The third kappa shape index (κ3) is 3.41. The van der Waals surface area contributed by atoms with E-state index in [9.17, 15) is 9.50 Å². The molecule has 1 atom stereocenters. The molecule has 0 aromatic heterocycles. The molecule has 0 radical (unpaired) electrons. The smallest absolute Gasteiger partial charge is 0.130 e. The van der Waals surface area contributed by atoms with Gasteiger partial charge in [0, 0.05) is 20.1 Å². The molecule has 0 saturated heterocycles. The number of hydrogen-bond donors (Lipinski definition) is 1. The lowest BCUT2D eigenvalue weighted by Gasteiger charge is -2.14. The third-order valence-corrected chi connectivity index (χ3v) is 4.17. The Hall–Kier alpha value is -0.320. The van der Waals surface area contributed by atoms with Gasteiger partial charge in [-0.1, -0.05) is 34.8 Å². The van der Waals surface area contributed by atoms with Gasteiger partial charge in [0.1, 0.15) is 11.9 Å². The highest BCUT2D eigenvalue weighted by molar-refractivity contribution is 9.10. The number of benzene rings is 2. The second-order valence-corrected chi connectivity index (χ2v) is 6.03. The first-order chi connectivity index (χ1) is 8.88. The van der Waals surface area contributed by atoms with Crippen molar-refractivity contribution in [2.24, 2.45) is 0 Å². The molecule has 6 heteroatoms. The van der Waals surface area contributed by atoms with Crippen molar-refractivity contribution in [1.82, 2.24) is 0 Å². The first-order valence-corrected chi connectivity index (χ1v) is 7.09. The Labute approximate surface area is 133 Å². The molecule has 1 unspecified atom stereocenters. The van der Waals surface area contributed by atoms with Crippen LogP contribution in [0.5, 0.6) is 0 Å². The van der Waals surface area contributed by atoms with Crippen LogP contribution in [0.2, 0.25) is 15.1 Å². The summed E-state index contributed by atoms with van der Waals surface area (Å²) in [5, 5.41) is 11.2. The van der Waals surface area contributed by atoms with Crippen LogP contribution < -0.4 is 0 Å². The monoisotopic (exact) mass is 382 g/mol. The van der Waals surface area contributed by atoms with E-state index in [1.54, 1.807) is 0 Å². The summed E-state index contributed by atoms with van der Waals surface area (Å²) in [5.74, 6) is -0.570. The number of aliphatic hydroxyl groups excluding tert-OH is 1. The lowest BCUT2D eigenvalue weighted by molar-refractivity contribution is 0.215. The molecule has 0 saturated carbocycles. The molecule has 1 nitrogen and oxygen atoms in total. The van der Waals surface area contributed by atoms with Gasteiger partial charge >= 0.3 is 0 Å². The van der Waals surface area contributed by atoms with Crippen molar-refractivity contribution >= 4 is 50.7 Å². The molecule has 0 amide bonds. The highest BCUT2D eigenvalue weighted by Gasteiger charge is 2.18. The van der Waals surface area contributed by atoms with Gasteiger partial charge in [0.05, 0.1) is 5.02 Å². The van der Waals surface area contributed by atoms with Crippen molar-refractivity contribution in [1.29, 1.82) is 0 Å². The van der Waals surface area contributed by atoms with Gasteiger partial charge in [-0.2, -0.15) is 0 Å². The molecular formula is C13H7BrCl3FO. The maximum absolute atomic E-state index is 13.9. The SMILES string of the molecule is OC(c1cc(Cl)cc(Cl)c1)c1cc(Cl)c(Br)cc1F. The minimum Gasteiger partial charge on any atom is -0.384 e. The van der Waals surface area contributed by atoms with E-state index < -0.39 is 11.9 Å². The van der Waals surface area contributed by atoms with Gasteiger partial charge in [0.2, 0.25) is 0 Å². The van der Waals surface area contributed by atoms with E-state index in [0.29, 0.717) is 25.1 Å². The van der Waals surface area contributed by atoms with E-state index >= 15 is 0 Å². The average molecular weight is 384 g/mol. The zero-order chi connectivity index (χ0) is 14.2. The maximum atomic E-state index is 13.9. The Bertz CT molecular complexity index is 613. The van der Waals surface area contributed by atoms with Crippen molar-refractivity contribution in [3.63, 3.8) is 0 Å². The Morgan fingerprint density at radius 3 is 2.16 bits per heavy atom. The van der Waals surface area contributed by atoms with Gasteiger partial charge in [0.25, 0.3) is 0 Å². The zero-order valence-electron chi connectivity index (χ0n) is 9.30. The standard InChI is InChI=1S/C13H7BrCl3FO/c14-10-5-12(18)9(4-11(10)17)13(19)6-1-7(15)3-8(16)2-6/h1-5,13,19H. The summed E-state index contributed by atoms with van der Waals surface area (Å²) in [6, 6.07) is 7.14. The second kappa shape index (κ2) is 5.98. The summed E-state index contributed by atoms with van der Waals surface area (Å²) in [5.41, 5.74) is 0.460. The first kappa shape index (κ1) is 15.1. The van der Waals surface area contributed by atoms with Crippen LogP contribution in [-0.4, -0.2) is 5.11 Å². The van der Waals surface area contributed by atoms with E-state index in [-0.39, 0.29) is 5.56 Å². The van der Waals surface area contributed by atoms with Crippen LogP contribution in [0.4, 0.5) is 4.39 Å². The summed E-state index contributed by atoms with van der Waals surface area (Å²) in [6.45, 7) is 0. The molecule has 2 rings (SSSR count). The Morgan fingerprint density at radius 1 is 1.00 bits per heavy atom. The number of aliphatic hydroxyl groups is 1. The fourth-order valence-corrected chi connectivity index (χ4v) is 2.69. The largest absolute Gasteiger partial charge is 0.384 e. The molecule has 0 heterocycles. The minimum atomic E-state index is -1.19. The van der Waals surface area contributed by atoms with Crippen LogP contribution in [0, 0.1) is 5.82 Å². The van der Waals surface area contributed by atoms with Gasteiger partial charge in [-0.25, -0.2) is 4.39 Å². The highest BCUT2D eigenvalue weighted by atomic mass is 79.9. The minimum absolute atomic E-state index is 0.0616. The second-order valence-electron chi connectivity index (χ2n) is 3.89. The fraction of sp³-hybridized carbons (Fsp3) is 0.0769. The lowest BCUT2D eigenvalue weighted by Crippen LogP contribution is -2.03. The summed E-state index contributed by atoms with van der Waals surface area (Å²) in [4.78, 5) is 0. The molecular weight excluding hydrogens is 377 g/mol. The molecule has 2 aromatic rings. The molecule has 1 N–H and O–H groups in total. The molecule has 0 spiro atoms.